The molecule has 1 saturated heterocycles. The molecule has 7 nitrogen and oxygen atoms in total. The topological polar surface area (TPSA) is 85.4 Å². The number of rotatable bonds is 6. The first-order chi connectivity index (χ1) is 11.7. The van der Waals surface area contributed by atoms with Crippen LogP contribution < -0.4 is 15.4 Å². The van der Waals surface area contributed by atoms with Gasteiger partial charge in [-0.2, -0.15) is 0 Å². The maximum absolute atomic E-state index is 11.9. The molecule has 0 radical (unpaired) electrons. The number of benzene rings is 1. The molecule has 1 aliphatic heterocycles. The molecule has 1 aromatic carbocycles. The summed E-state index contributed by atoms with van der Waals surface area (Å²) >= 11 is 1.37. The first-order valence-electron chi connectivity index (χ1n) is 7.81. The second kappa shape index (κ2) is 8.07. The van der Waals surface area contributed by atoms with Crippen LogP contribution in [0.5, 0.6) is 5.75 Å². The molecule has 1 atom stereocenters. The van der Waals surface area contributed by atoms with Gasteiger partial charge in [-0.05, 0) is 24.1 Å². The Balaban J connectivity index is 1.50. The van der Waals surface area contributed by atoms with E-state index in [-0.39, 0.29) is 6.03 Å². The van der Waals surface area contributed by atoms with E-state index in [4.69, 9.17) is 9.47 Å². The number of amides is 2. The lowest BCUT2D eigenvalue weighted by Gasteiger charge is -2.08. The van der Waals surface area contributed by atoms with Gasteiger partial charge in [-0.25, -0.2) is 4.79 Å². The normalized spacial score (nSPS) is 16.8. The fraction of sp³-hybridized carbons (Fsp3) is 0.438. The highest BCUT2D eigenvalue weighted by Gasteiger charge is 2.16. The predicted octanol–water partition coefficient (Wildman–Crippen LogP) is 2.30. The van der Waals surface area contributed by atoms with E-state index in [0.717, 1.165) is 29.3 Å². The second-order valence-corrected chi connectivity index (χ2v) is 6.66. The number of aromatic nitrogens is 2. The minimum atomic E-state index is -0.258. The summed E-state index contributed by atoms with van der Waals surface area (Å²) < 4.78 is 10.5. The van der Waals surface area contributed by atoms with Crippen LogP contribution in [0.4, 0.5) is 9.93 Å². The Morgan fingerprint density at radius 3 is 3.17 bits per heavy atom. The van der Waals surface area contributed by atoms with Gasteiger partial charge in [0.25, 0.3) is 0 Å². The van der Waals surface area contributed by atoms with Crippen LogP contribution >= 0.6 is 11.3 Å². The van der Waals surface area contributed by atoms with Crippen molar-refractivity contribution < 1.29 is 14.3 Å². The van der Waals surface area contributed by atoms with Crippen molar-refractivity contribution >= 4 is 22.5 Å². The van der Waals surface area contributed by atoms with Crippen LogP contribution in [0.1, 0.15) is 17.0 Å². The summed E-state index contributed by atoms with van der Waals surface area (Å²) in [5.74, 6) is 1.21. The summed E-state index contributed by atoms with van der Waals surface area (Å²) in [6.07, 6.45) is 1.64. The molecule has 1 aliphatic rings. The van der Waals surface area contributed by atoms with Crippen molar-refractivity contribution in [3.63, 3.8) is 0 Å². The number of carbonyl (C=O) groups excluding carboxylic acids is 1. The Hall–Kier alpha value is -2.19. The number of hydrogen-bond acceptors (Lipinski definition) is 6. The average molecular weight is 348 g/mol. The number of methoxy groups -OCH3 is 1. The maximum Gasteiger partial charge on any atom is 0.321 e. The first kappa shape index (κ1) is 16.7. The molecule has 1 aromatic heterocycles. The van der Waals surface area contributed by atoms with Crippen molar-refractivity contribution in [3.05, 3.63) is 34.8 Å². The molecule has 2 amide bonds. The lowest BCUT2D eigenvalue weighted by atomic mass is 10.1. The third-order valence-corrected chi connectivity index (χ3v) is 4.59. The molecule has 0 saturated carbocycles. The zero-order valence-corrected chi connectivity index (χ0v) is 14.3. The van der Waals surface area contributed by atoms with Gasteiger partial charge in [-0.3, -0.25) is 5.32 Å². The first-order valence-corrected chi connectivity index (χ1v) is 8.62. The van der Waals surface area contributed by atoms with Crippen LogP contribution in [0, 0.1) is 5.92 Å². The average Bonchev–Trinajstić information content (AvgIpc) is 3.25. The van der Waals surface area contributed by atoms with E-state index in [0.29, 0.717) is 30.6 Å². The number of ether oxygens (including phenoxy) is 2. The second-order valence-electron chi connectivity index (χ2n) is 5.59. The largest absolute Gasteiger partial charge is 0.497 e. The molecular formula is C16H20N4O3S. The van der Waals surface area contributed by atoms with E-state index in [1.54, 1.807) is 7.11 Å². The van der Waals surface area contributed by atoms with E-state index >= 15 is 0 Å². The maximum atomic E-state index is 11.9. The third-order valence-electron chi connectivity index (χ3n) is 3.75. The fourth-order valence-corrected chi connectivity index (χ4v) is 3.22. The van der Waals surface area contributed by atoms with E-state index in [1.807, 2.05) is 24.3 Å². The van der Waals surface area contributed by atoms with Gasteiger partial charge in [-0.15, -0.1) is 10.2 Å². The molecule has 0 aliphatic carbocycles. The van der Waals surface area contributed by atoms with E-state index in [1.165, 1.54) is 11.3 Å². The van der Waals surface area contributed by atoms with Crippen molar-refractivity contribution in [1.29, 1.82) is 0 Å². The van der Waals surface area contributed by atoms with Gasteiger partial charge in [0.1, 0.15) is 10.8 Å². The van der Waals surface area contributed by atoms with E-state index in [9.17, 15) is 4.79 Å². The molecule has 24 heavy (non-hydrogen) atoms. The summed E-state index contributed by atoms with van der Waals surface area (Å²) in [7, 11) is 1.64. The molecule has 0 bridgehead atoms. The SMILES string of the molecule is COc1cccc(Cc2nnc(NC(=O)NCC3CCOC3)s2)c1. The lowest BCUT2D eigenvalue weighted by molar-refractivity contribution is 0.185. The minimum Gasteiger partial charge on any atom is -0.497 e. The zero-order valence-electron chi connectivity index (χ0n) is 13.4. The number of nitrogens with zero attached hydrogens (tertiary/aromatic N) is 2. The predicted molar refractivity (Wildman–Crippen MR) is 91.7 cm³/mol. The highest BCUT2D eigenvalue weighted by Crippen LogP contribution is 2.21. The summed E-state index contributed by atoms with van der Waals surface area (Å²) in [5.41, 5.74) is 1.09. The van der Waals surface area contributed by atoms with Crippen LogP contribution in [-0.4, -0.2) is 43.1 Å². The van der Waals surface area contributed by atoms with Crippen LogP contribution in [0.2, 0.25) is 0 Å². The molecule has 3 rings (SSSR count). The monoisotopic (exact) mass is 348 g/mol. The van der Waals surface area contributed by atoms with Gasteiger partial charge in [0.05, 0.1) is 13.7 Å². The molecule has 1 unspecified atom stereocenters. The Morgan fingerprint density at radius 2 is 2.38 bits per heavy atom. The number of nitrogens with one attached hydrogen (secondary N) is 2. The van der Waals surface area contributed by atoms with Crippen molar-refractivity contribution in [1.82, 2.24) is 15.5 Å². The zero-order chi connectivity index (χ0) is 16.8. The summed E-state index contributed by atoms with van der Waals surface area (Å²) in [6, 6.07) is 7.55. The Bertz CT molecular complexity index is 685. The third kappa shape index (κ3) is 4.65. The van der Waals surface area contributed by atoms with E-state index < -0.39 is 0 Å². The number of anilines is 1. The smallest absolute Gasteiger partial charge is 0.321 e. The van der Waals surface area contributed by atoms with Gasteiger partial charge >= 0.3 is 6.03 Å². The van der Waals surface area contributed by atoms with Gasteiger partial charge in [0.2, 0.25) is 5.13 Å². The number of urea groups is 1. The highest BCUT2D eigenvalue weighted by atomic mass is 32.1. The molecule has 128 valence electrons. The quantitative estimate of drug-likeness (QED) is 0.837. The molecule has 1 fully saturated rings. The Morgan fingerprint density at radius 1 is 1.46 bits per heavy atom. The summed E-state index contributed by atoms with van der Waals surface area (Å²) in [6.45, 7) is 2.10. The van der Waals surface area contributed by atoms with Gasteiger partial charge in [0, 0.05) is 25.5 Å². The van der Waals surface area contributed by atoms with Crippen LogP contribution in [0.15, 0.2) is 24.3 Å². The number of carbonyl (C=O) groups is 1. The van der Waals surface area contributed by atoms with Gasteiger partial charge < -0.3 is 14.8 Å². The standard InChI is InChI=1S/C16H20N4O3S/c1-22-13-4-2-3-11(7-13)8-14-19-20-16(24-14)18-15(21)17-9-12-5-6-23-10-12/h2-4,7,12H,5-6,8-10H2,1H3,(H2,17,18,20,21). The highest BCUT2D eigenvalue weighted by molar-refractivity contribution is 7.15. The van der Waals surface area contributed by atoms with Crippen LogP contribution in [0.25, 0.3) is 0 Å². The van der Waals surface area contributed by atoms with Gasteiger partial charge in [-0.1, -0.05) is 23.5 Å². The molecule has 2 N–H and O–H groups in total. The summed E-state index contributed by atoms with van der Waals surface area (Å²) in [5, 5.41) is 15.0. The van der Waals surface area contributed by atoms with Crippen LogP contribution in [-0.2, 0) is 11.2 Å². The minimum absolute atomic E-state index is 0.258. The molecule has 0 spiro atoms. The van der Waals surface area contributed by atoms with Crippen molar-refractivity contribution in [2.24, 2.45) is 5.92 Å². The molecule has 2 aromatic rings. The van der Waals surface area contributed by atoms with Crippen molar-refractivity contribution in [2.75, 3.05) is 32.2 Å². The Kier molecular flexibility index (Phi) is 5.60. The molecular weight excluding hydrogens is 328 g/mol. The van der Waals surface area contributed by atoms with Crippen molar-refractivity contribution in [3.8, 4) is 5.75 Å². The van der Waals surface area contributed by atoms with E-state index in [2.05, 4.69) is 20.8 Å². The molecule has 2 heterocycles. The lowest BCUT2D eigenvalue weighted by Crippen LogP contribution is -2.33. The number of hydrogen-bond donors (Lipinski definition) is 2. The van der Waals surface area contributed by atoms with Gasteiger partial charge in [0.15, 0.2) is 0 Å². The van der Waals surface area contributed by atoms with Crippen molar-refractivity contribution in [2.45, 2.75) is 12.8 Å². The van der Waals surface area contributed by atoms with Crippen LogP contribution in [0.3, 0.4) is 0 Å². The molecule has 8 heteroatoms. The Labute approximate surface area is 144 Å². The summed E-state index contributed by atoms with van der Waals surface area (Å²) in [4.78, 5) is 11.9. The fourth-order valence-electron chi connectivity index (χ4n) is 2.46.